The highest BCUT2D eigenvalue weighted by Crippen LogP contribution is 2.22. The van der Waals surface area contributed by atoms with Gasteiger partial charge in [-0.2, -0.15) is 0 Å². The van der Waals surface area contributed by atoms with Gasteiger partial charge in [-0.25, -0.2) is 18.4 Å². The summed E-state index contributed by atoms with van der Waals surface area (Å²) in [7, 11) is -2.16. The summed E-state index contributed by atoms with van der Waals surface area (Å²) in [5.74, 6) is 0.786. The lowest BCUT2D eigenvalue weighted by atomic mass is 10.2. The van der Waals surface area contributed by atoms with E-state index in [1.165, 1.54) is 31.6 Å². The molecule has 0 aliphatic heterocycles. The van der Waals surface area contributed by atoms with E-state index < -0.39 is 10.0 Å². The van der Waals surface area contributed by atoms with Crippen molar-refractivity contribution in [2.24, 2.45) is 0 Å². The molecule has 20 heavy (non-hydrogen) atoms. The molecule has 0 saturated heterocycles. The van der Waals surface area contributed by atoms with Gasteiger partial charge >= 0.3 is 0 Å². The van der Waals surface area contributed by atoms with E-state index in [0.717, 1.165) is 5.56 Å². The second-order valence-corrected chi connectivity index (χ2v) is 6.46. The lowest BCUT2D eigenvalue weighted by molar-refractivity contribution is 0.411. The molecule has 0 aliphatic rings. The van der Waals surface area contributed by atoms with Gasteiger partial charge < -0.3 is 4.74 Å². The van der Waals surface area contributed by atoms with E-state index in [2.05, 4.69) is 30.6 Å². The molecule has 2 rings (SSSR count). The number of nitrogens with one attached hydrogen (secondary N) is 1. The molecule has 1 aromatic heterocycles. The number of hydrogen-bond donors (Lipinski definition) is 1. The minimum Gasteiger partial charge on any atom is -0.496 e. The van der Waals surface area contributed by atoms with Crippen molar-refractivity contribution in [2.45, 2.75) is 11.8 Å². The zero-order chi connectivity index (χ0) is 14.8. The van der Waals surface area contributed by atoms with Gasteiger partial charge in [-0.1, -0.05) is 0 Å². The molecule has 1 aromatic carbocycles. The van der Waals surface area contributed by atoms with Crippen LogP contribution in [0.1, 0.15) is 5.56 Å². The molecule has 0 aliphatic carbocycles. The second kappa shape index (κ2) is 5.76. The topological polar surface area (TPSA) is 81.2 Å². The first-order chi connectivity index (χ1) is 9.42. The van der Waals surface area contributed by atoms with Crippen LogP contribution in [-0.4, -0.2) is 25.5 Å². The Bertz CT molecular complexity index is 717. The summed E-state index contributed by atoms with van der Waals surface area (Å²) >= 11 is 3.13. The third-order valence-corrected chi connectivity index (χ3v) is 4.30. The van der Waals surface area contributed by atoms with Crippen molar-refractivity contribution in [2.75, 3.05) is 11.8 Å². The first kappa shape index (κ1) is 14.7. The molecular weight excluding hydrogens is 346 g/mol. The van der Waals surface area contributed by atoms with Gasteiger partial charge in [-0.3, -0.25) is 4.72 Å². The number of anilines is 1. The van der Waals surface area contributed by atoms with E-state index >= 15 is 0 Å². The number of nitrogens with zero attached hydrogens (tertiary/aromatic N) is 2. The molecule has 2 aromatic rings. The SMILES string of the molecule is COc1ccc(S(=O)(=O)Nc2cnc(Br)cn2)cc1C. The van der Waals surface area contributed by atoms with Crippen LogP contribution >= 0.6 is 15.9 Å². The van der Waals surface area contributed by atoms with Gasteiger partial charge in [0.15, 0.2) is 5.82 Å². The summed E-state index contributed by atoms with van der Waals surface area (Å²) in [6, 6.07) is 4.62. The molecule has 0 fully saturated rings. The molecule has 106 valence electrons. The van der Waals surface area contributed by atoms with Crippen LogP contribution < -0.4 is 9.46 Å². The summed E-state index contributed by atoms with van der Waals surface area (Å²) < 4.78 is 32.4. The minimum atomic E-state index is -3.70. The van der Waals surface area contributed by atoms with Crippen molar-refractivity contribution in [1.29, 1.82) is 0 Å². The van der Waals surface area contributed by atoms with Crippen LogP contribution in [0, 0.1) is 6.92 Å². The van der Waals surface area contributed by atoms with Gasteiger partial charge in [0, 0.05) is 0 Å². The molecule has 0 radical (unpaired) electrons. The summed E-state index contributed by atoms with van der Waals surface area (Å²) in [6.07, 6.45) is 2.75. The van der Waals surface area contributed by atoms with Crippen LogP contribution in [-0.2, 0) is 10.0 Å². The summed E-state index contributed by atoms with van der Waals surface area (Å²) in [6.45, 7) is 1.78. The Morgan fingerprint density at radius 2 is 2.00 bits per heavy atom. The van der Waals surface area contributed by atoms with E-state index in [0.29, 0.717) is 10.4 Å². The van der Waals surface area contributed by atoms with Crippen molar-refractivity contribution in [3.63, 3.8) is 0 Å². The predicted molar refractivity (Wildman–Crippen MR) is 78.3 cm³/mol. The molecule has 0 unspecified atom stereocenters. The zero-order valence-corrected chi connectivity index (χ0v) is 13.2. The number of methoxy groups -OCH3 is 1. The third-order valence-electron chi connectivity index (χ3n) is 2.54. The number of rotatable bonds is 4. The van der Waals surface area contributed by atoms with Crippen LogP contribution in [0.3, 0.4) is 0 Å². The molecule has 1 heterocycles. The third kappa shape index (κ3) is 3.26. The van der Waals surface area contributed by atoms with Gasteiger partial charge in [0.1, 0.15) is 10.4 Å². The highest BCUT2D eigenvalue weighted by atomic mass is 79.9. The normalized spacial score (nSPS) is 11.2. The number of benzene rings is 1. The summed E-state index contributed by atoms with van der Waals surface area (Å²) in [5, 5.41) is 0. The lowest BCUT2D eigenvalue weighted by Gasteiger charge is -2.09. The fourth-order valence-electron chi connectivity index (χ4n) is 1.58. The van der Waals surface area contributed by atoms with E-state index in [1.807, 2.05) is 0 Å². The minimum absolute atomic E-state index is 0.139. The molecule has 6 nitrogen and oxygen atoms in total. The van der Waals surface area contributed by atoms with E-state index in [-0.39, 0.29) is 10.7 Å². The molecular formula is C12H12BrN3O3S. The molecule has 0 atom stereocenters. The lowest BCUT2D eigenvalue weighted by Crippen LogP contribution is -2.14. The maximum atomic E-state index is 12.2. The number of aromatic nitrogens is 2. The molecule has 1 N–H and O–H groups in total. The van der Waals surface area contributed by atoms with Crippen molar-refractivity contribution in [3.8, 4) is 5.75 Å². The standard InChI is InChI=1S/C12H12BrN3O3S/c1-8-5-9(3-4-10(8)19-2)20(17,18)16-12-7-14-11(13)6-15-12/h3-7H,1-2H3,(H,15,16). The first-order valence-corrected chi connectivity index (χ1v) is 7.85. The number of ether oxygens (including phenoxy) is 1. The highest BCUT2D eigenvalue weighted by molar-refractivity contribution is 9.10. The van der Waals surface area contributed by atoms with Gasteiger partial charge in [-0.15, -0.1) is 0 Å². The Hall–Kier alpha value is -1.67. The van der Waals surface area contributed by atoms with E-state index in [4.69, 9.17) is 4.74 Å². The number of sulfonamides is 1. The largest absolute Gasteiger partial charge is 0.496 e. The van der Waals surface area contributed by atoms with Crippen LogP contribution in [0.15, 0.2) is 40.1 Å². The molecule has 8 heteroatoms. The zero-order valence-electron chi connectivity index (χ0n) is 10.8. The van der Waals surface area contributed by atoms with Gasteiger partial charge in [0.05, 0.1) is 24.4 Å². The molecule has 0 spiro atoms. The van der Waals surface area contributed by atoms with Gasteiger partial charge in [0.2, 0.25) is 0 Å². The number of halogens is 1. The first-order valence-electron chi connectivity index (χ1n) is 5.57. The number of hydrogen-bond acceptors (Lipinski definition) is 5. The van der Waals surface area contributed by atoms with Gasteiger partial charge in [0.25, 0.3) is 10.0 Å². The monoisotopic (exact) mass is 357 g/mol. The van der Waals surface area contributed by atoms with E-state index in [9.17, 15) is 8.42 Å². The van der Waals surface area contributed by atoms with Gasteiger partial charge in [-0.05, 0) is 46.6 Å². The fourth-order valence-corrected chi connectivity index (χ4v) is 2.86. The Morgan fingerprint density at radius 3 is 2.55 bits per heavy atom. The Morgan fingerprint density at radius 1 is 1.25 bits per heavy atom. The van der Waals surface area contributed by atoms with Crippen LogP contribution in [0.4, 0.5) is 5.82 Å². The average Bonchev–Trinajstić information content (AvgIpc) is 2.41. The molecule has 0 saturated carbocycles. The van der Waals surface area contributed by atoms with Crippen molar-refractivity contribution in [1.82, 2.24) is 9.97 Å². The quantitative estimate of drug-likeness (QED) is 0.908. The summed E-state index contributed by atoms with van der Waals surface area (Å²) in [5.41, 5.74) is 0.734. The van der Waals surface area contributed by atoms with E-state index in [1.54, 1.807) is 13.0 Å². The Labute approximate surface area is 125 Å². The Kier molecular flexibility index (Phi) is 4.24. The Balaban J connectivity index is 2.30. The van der Waals surface area contributed by atoms with Crippen LogP contribution in [0.25, 0.3) is 0 Å². The van der Waals surface area contributed by atoms with Crippen LogP contribution in [0.2, 0.25) is 0 Å². The van der Waals surface area contributed by atoms with Crippen LogP contribution in [0.5, 0.6) is 5.75 Å². The molecule has 0 bridgehead atoms. The van der Waals surface area contributed by atoms with Crippen molar-refractivity contribution in [3.05, 3.63) is 40.8 Å². The fraction of sp³-hybridized carbons (Fsp3) is 0.167. The smallest absolute Gasteiger partial charge is 0.263 e. The second-order valence-electron chi connectivity index (χ2n) is 3.96. The van der Waals surface area contributed by atoms with Crippen molar-refractivity contribution < 1.29 is 13.2 Å². The highest BCUT2D eigenvalue weighted by Gasteiger charge is 2.16. The summed E-state index contributed by atoms with van der Waals surface area (Å²) in [4.78, 5) is 7.97. The number of aryl methyl sites for hydroxylation is 1. The average molecular weight is 358 g/mol. The maximum Gasteiger partial charge on any atom is 0.263 e. The predicted octanol–water partition coefficient (Wildman–Crippen LogP) is 2.36. The molecule has 0 amide bonds. The maximum absolute atomic E-state index is 12.2. The van der Waals surface area contributed by atoms with Crippen molar-refractivity contribution >= 4 is 31.8 Å².